The number of rotatable bonds is 4. The van der Waals surface area contributed by atoms with Gasteiger partial charge in [-0.05, 0) is 12.1 Å². The van der Waals surface area contributed by atoms with Crippen LogP contribution in [0, 0.1) is 0 Å². The van der Waals surface area contributed by atoms with Gasteiger partial charge in [-0.25, -0.2) is 0 Å². The molecule has 0 unspecified atom stereocenters. The Kier molecular flexibility index (Phi) is 5.31. The molecule has 2 saturated heterocycles. The number of hydrogen-bond donors (Lipinski definition) is 2. The average molecular weight is 370 g/mol. The summed E-state index contributed by atoms with van der Waals surface area (Å²) in [5, 5.41) is 21.7. The maximum Gasteiger partial charge on any atom is 0.134 e. The molecule has 0 aliphatic carbocycles. The van der Waals surface area contributed by atoms with Gasteiger partial charge in [0.05, 0.1) is 26.4 Å². The minimum absolute atomic E-state index is 0.221. The molecule has 2 aliphatic rings. The smallest absolute Gasteiger partial charge is 0.134 e. The summed E-state index contributed by atoms with van der Waals surface area (Å²) in [5.41, 5.74) is 0.759. The molecule has 0 atom stereocenters. The summed E-state index contributed by atoms with van der Waals surface area (Å²) < 4.78 is 11.2. The van der Waals surface area contributed by atoms with Crippen LogP contribution in [0.1, 0.15) is 11.1 Å². The van der Waals surface area contributed by atoms with Crippen LogP contribution in [0.3, 0.4) is 0 Å². The standard InChI is InChI=1S/C21H26N2O4/c24-19-7-3-1-5-17(19)21(22-9-13-26-14-10-22,23-11-15-27-16-12-23)18-6-2-4-8-20(18)25/h1-8,24-25H,9-16H2. The normalized spacial score (nSPS) is 19.9. The van der Waals surface area contributed by atoms with Crippen LogP contribution < -0.4 is 0 Å². The molecule has 2 aromatic rings. The molecule has 0 bridgehead atoms. The van der Waals surface area contributed by atoms with Crippen molar-refractivity contribution in [1.82, 2.24) is 9.80 Å². The van der Waals surface area contributed by atoms with Crippen molar-refractivity contribution in [2.75, 3.05) is 52.6 Å². The highest BCUT2D eigenvalue weighted by atomic mass is 16.5. The fourth-order valence-electron chi connectivity index (χ4n) is 4.34. The minimum Gasteiger partial charge on any atom is -0.508 e. The van der Waals surface area contributed by atoms with Gasteiger partial charge >= 0.3 is 0 Å². The highest BCUT2D eigenvalue weighted by molar-refractivity contribution is 5.50. The van der Waals surface area contributed by atoms with Gasteiger partial charge in [0.15, 0.2) is 0 Å². The molecule has 0 saturated carbocycles. The first-order valence-corrected chi connectivity index (χ1v) is 9.47. The number of phenols is 2. The second-order valence-electron chi connectivity index (χ2n) is 6.91. The number of nitrogens with zero attached hydrogens (tertiary/aromatic N) is 2. The zero-order chi connectivity index (χ0) is 18.7. The van der Waals surface area contributed by atoms with Crippen LogP contribution in [-0.4, -0.2) is 72.6 Å². The van der Waals surface area contributed by atoms with Gasteiger partial charge in [-0.1, -0.05) is 36.4 Å². The topological polar surface area (TPSA) is 65.4 Å². The average Bonchev–Trinajstić information content (AvgIpc) is 2.73. The Morgan fingerprint density at radius 2 is 1.00 bits per heavy atom. The van der Waals surface area contributed by atoms with Gasteiger partial charge in [-0.15, -0.1) is 0 Å². The van der Waals surface area contributed by atoms with Crippen LogP contribution >= 0.6 is 0 Å². The number of aromatic hydroxyl groups is 2. The van der Waals surface area contributed by atoms with E-state index in [0.29, 0.717) is 52.6 Å². The molecule has 0 spiro atoms. The largest absolute Gasteiger partial charge is 0.508 e. The Morgan fingerprint density at radius 1 is 0.630 bits per heavy atom. The van der Waals surface area contributed by atoms with E-state index in [9.17, 15) is 10.2 Å². The Hall–Kier alpha value is -2.12. The Balaban J connectivity index is 1.98. The lowest BCUT2D eigenvalue weighted by molar-refractivity contribution is -0.113. The maximum absolute atomic E-state index is 10.9. The number of phenolic OH excluding ortho intramolecular Hbond substituents is 2. The summed E-state index contributed by atoms with van der Waals surface area (Å²) >= 11 is 0. The molecule has 144 valence electrons. The predicted octanol–water partition coefficient (Wildman–Crippen LogP) is 1.96. The lowest BCUT2D eigenvalue weighted by atomic mass is 9.85. The van der Waals surface area contributed by atoms with E-state index in [-0.39, 0.29) is 11.5 Å². The van der Waals surface area contributed by atoms with E-state index in [4.69, 9.17) is 9.47 Å². The second-order valence-corrected chi connectivity index (χ2v) is 6.91. The third-order valence-corrected chi connectivity index (χ3v) is 5.50. The summed E-state index contributed by atoms with van der Waals surface area (Å²) in [6, 6.07) is 14.9. The fraction of sp³-hybridized carbons (Fsp3) is 0.429. The van der Waals surface area contributed by atoms with Gasteiger partial charge in [-0.2, -0.15) is 0 Å². The van der Waals surface area contributed by atoms with Crippen LogP contribution in [0.2, 0.25) is 0 Å². The summed E-state index contributed by atoms with van der Waals surface area (Å²) in [6.07, 6.45) is 0. The van der Waals surface area contributed by atoms with E-state index in [1.54, 1.807) is 12.1 Å². The Labute approximate surface area is 159 Å². The monoisotopic (exact) mass is 370 g/mol. The second kappa shape index (κ2) is 7.86. The van der Waals surface area contributed by atoms with Crippen molar-refractivity contribution in [3.05, 3.63) is 59.7 Å². The molecule has 2 heterocycles. The van der Waals surface area contributed by atoms with Gasteiger partial charge in [0.25, 0.3) is 0 Å². The Morgan fingerprint density at radius 3 is 1.37 bits per heavy atom. The quantitative estimate of drug-likeness (QED) is 0.858. The number of ether oxygens (including phenoxy) is 2. The highest BCUT2D eigenvalue weighted by Crippen LogP contribution is 2.46. The van der Waals surface area contributed by atoms with Gasteiger partial charge in [0.2, 0.25) is 0 Å². The summed E-state index contributed by atoms with van der Waals surface area (Å²) in [6.45, 7) is 5.31. The third kappa shape index (κ3) is 3.19. The molecular weight excluding hydrogens is 344 g/mol. The predicted molar refractivity (Wildman–Crippen MR) is 102 cm³/mol. The van der Waals surface area contributed by atoms with E-state index in [0.717, 1.165) is 11.1 Å². The summed E-state index contributed by atoms with van der Waals surface area (Å²) in [7, 11) is 0. The zero-order valence-corrected chi connectivity index (χ0v) is 15.4. The summed E-state index contributed by atoms with van der Waals surface area (Å²) in [5.74, 6) is 0.442. The Bertz CT molecular complexity index is 705. The van der Waals surface area contributed by atoms with E-state index in [2.05, 4.69) is 9.80 Å². The van der Waals surface area contributed by atoms with Gasteiger partial charge in [-0.3, -0.25) is 9.80 Å². The van der Waals surface area contributed by atoms with Crippen LogP contribution in [0.25, 0.3) is 0 Å². The highest BCUT2D eigenvalue weighted by Gasteiger charge is 2.49. The van der Waals surface area contributed by atoms with Crippen LogP contribution in [0.5, 0.6) is 11.5 Å². The molecule has 2 aliphatic heterocycles. The molecule has 2 N–H and O–H groups in total. The lowest BCUT2D eigenvalue weighted by Gasteiger charge is -2.53. The van der Waals surface area contributed by atoms with Crippen molar-refractivity contribution in [3.8, 4) is 11.5 Å². The van der Waals surface area contributed by atoms with Crippen molar-refractivity contribution >= 4 is 0 Å². The molecule has 0 radical (unpaired) electrons. The number of para-hydroxylation sites is 2. The molecule has 2 aromatic carbocycles. The molecule has 27 heavy (non-hydrogen) atoms. The number of hydrogen-bond acceptors (Lipinski definition) is 6. The van der Waals surface area contributed by atoms with Crippen LogP contribution in [0.15, 0.2) is 48.5 Å². The SMILES string of the molecule is Oc1ccccc1C(c1ccccc1O)(N1CCOCC1)N1CCOCC1. The van der Waals surface area contributed by atoms with Crippen LogP contribution in [0.4, 0.5) is 0 Å². The molecular formula is C21H26N2O4. The van der Waals surface area contributed by atoms with Crippen molar-refractivity contribution < 1.29 is 19.7 Å². The third-order valence-electron chi connectivity index (χ3n) is 5.50. The lowest BCUT2D eigenvalue weighted by Crippen LogP contribution is -2.63. The molecule has 4 rings (SSSR count). The molecule has 6 nitrogen and oxygen atoms in total. The van der Waals surface area contributed by atoms with Crippen molar-refractivity contribution in [2.24, 2.45) is 0 Å². The summed E-state index contributed by atoms with van der Waals surface area (Å²) in [4.78, 5) is 4.62. The van der Waals surface area contributed by atoms with Crippen molar-refractivity contribution in [3.63, 3.8) is 0 Å². The molecule has 6 heteroatoms. The maximum atomic E-state index is 10.9. The zero-order valence-electron chi connectivity index (χ0n) is 15.4. The van der Waals surface area contributed by atoms with E-state index in [1.807, 2.05) is 36.4 Å². The fourth-order valence-corrected chi connectivity index (χ4v) is 4.34. The van der Waals surface area contributed by atoms with Crippen molar-refractivity contribution in [1.29, 1.82) is 0 Å². The number of morpholine rings is 2. The van der Waals surface area contributed by atoms with E-state index < -0.39 is 5.66 Å². The minimum atomic E-state index is -0.787. The first kappa shape index (κ1) is 18.3. The van der Waals surface area contributed by atoms with E-state index >= 15 is 0 Å². The number of benzene rings is 2. The van der Waals surface area contributed by atoms with Gasteiger partial charge < -0.3 is 19.7 Å². The van der Waals surface area contributed by atoms with Crippen LogP contribution in [-0.2, 0) is 15.1 Å². The first-order valence-electron chi connectivity index (χ1n) is 9.47. The van der Waals surface area contributed by atoms with Gasteiger partial charge in [0, 0.05) is 37.3 Å². The molecule has 0 aromatic heterocycles. The molecule has 0 amide bonds. The van der Waals surface area contributed by atoms with Crippen molar-refractivity contribution in [2.45, 2.75) is 5.66 Å². The molecule has 2 fully saturated rings. The van der Waals surface area contributed by atoms with Gasteiger partial charge in [0.1, 0.15) is 17.2 Å². The van der Waals surface area contributed by atoms with E-state index in [1.165, 1.54) is 0 Å². The first-order chi connectivity index (χ1) is 13.2.